The summed E-state index contributed by atoms with van der Waals surface area (Å²) in [5.41, 5.74) is 0. The summed E-state index contributed by atoms with van der Waals surface area (Å²) in [5, 5.41) is 3.50. The van der Waals surface area contributed by atoms with E-state index in [4.69, 9.17) is 0 Å². The summed E-state index contributed by atoms with van der Waals surface area (Å²) in [6.45, 7) is 0. The lowest BCUT2D eigenvalue weighted by Gasteiger charge is -1.89. The zero-order chi connectivity index (χ0) is 9.90. The van der Waals surface area contributed by atoms with Gasteiger partial charge >= 0.3 is 0 Å². The van der Waals surface area contributed by atoms with Crippen LogP contribution in [0.15, 0.2) is 66.1 Å². The van der Waals surface area contributed by atoms with Gasteiger partial charge in [0.1, 0.15) is 6.26 Å². The zero-order valence-corrected chi connectivity index (χ0v) is 7.61. The molecule has 0 N–H and O–H groups in total. The molecule has 1 aliphatic rings. The standard InChI is InChI=1S/C11H11NO2/c1-2-4-6-8-10-12-14-13-11-9-7-5-3-1/h1-11H/b3-1+,4-2-,7-5+,8-6+,11-9+,12-10-. The lowest BCUT2D eigenvalue weighted by Crippen LogP contribution is -1.77. The van der Waals surface area contributed by atoms with Gasteiger partial charge in [0.15, 0.2) is 0 Å². The fourth-order valence-electron chi connectivity index (χ4n) is 0.686. The van der Waals surface area contributed by atoms with E-state index in [2.05, 4.69) is 15.0 Å². The van der Waals surface area contributed by atoms with Crippen LogP contribution in [-0.4, -0.2) is 6.21 Å². The van der Waals surface area contributed by atoms with E-state index in [1.54, 1.807) is 12.2 Å². The first-order valence-corrected chi connectivity index (χ1v) is 4.18. The first-order valence-electron chi connectivity index (χ1n) is 4.18. The highest BCUT2D eigenvalue weighted by Crippen LogP contribution is 1.87. The Hall–Kier alpha value is -2.03. The summed E-state index contributed by atoms with van der Waals surface area (Å²) in [6.07, 6.45) is 19.5. The summed E-state index contributed by atoms with van der Waals surface area (Å²) in [7, 11) is 0. The van der Waals surface area contributed by atoms with Crippen LogP contribution in [0, 0.1) is 0 Å². The van der Waals surface area contributed by atoms with Gasteiger partial charge in [0.05, 0.1) is 6.21 Å². The Balaban J connectivity index is 2.56. The molecule has 0 spiro atoms. The highest BCUT2D eigenvalue weighted by Gasteiger charge is 1.72. The quantitative estimate of drug-likeness (QED) is 0.548. The van der Waals surface area contributed by atoms with Crippen molar-refractivity contribution in [3.63, 3.8) is 0 Å². The predicted molar refractivity (Wildman–Crippen MR) is 56.4 cm³/mol. The third-order valence-corrected chi connectivity index (χ3v) is 1.26. The number of hydrogen-bond donors (Lipinski definition) is 0. The Bertz CT molecular complexity index is 277. The van der Waals surface area contributed by atoms with Crippen molar-refractivity contribution >= 4 is 6.21 Å². The molecule has 0 aliphatic carbocycles. The Morgan fingerprint density at radius 1 is 0.643 bits per heavy atom. The molecule has 0 atom stereocenters. The summed E-state index contributed by atoms with van der Waals surface area (Å²) in [5.74, 6) is 0. The van der Waals surface area contributed by atoms with Gasteiger partial charge in [0, 0.05) is 0 Å². The first-order chi connectivity index (χ1) is 7.00. The largest absolute Gasteiger partial charge is 0.276 e. The normalized spacial score (nSPS) is 29.7. The number of rotatable bonds is 0. The molecule has 0 radical (unpaired) electrons. The lowest BCUT2D eigenvalue weighted by molar-refractivity contribution is -0.248. The Morgan fingerprint density at radius 2 is 1.21 bits per heavy atom. The van der Waals surface area contributed by atoms with E-state index < -0.39 is 0 Å². The Morgan fingerprint density at radius 3 is 1.93 bits per heavy atom. The van der Waals surface area contributed by atoms with Crippen molar-refractivity contribution in [2.45, 2.75) is 0 Å². The number of nitrogens with zero attached hydrogens (tertiary/aromatic N) is 1. The van der Waals surface area contributed by atoms with Crippen molar-refractivity contribution in [1.82, 2.24) is 0 Å². The molecule has 0 aromatic carbocycles. The molecule has 0 fully saturated rings. The van der Waals surface area contributed by atoms with Crippen LogP contribution in [0.2, 0.25) is 0 Å². The van der Waals surface area contributed by atoms with Crippen LogP contribution in [0.3, 0.4) is 0 Å². The molecule has 1 rings (SSSR count). The van der Waals surface area contributed by atoms with Crippen LogP contribution in [0.25, 0.3) is 0 Å². The second kappa shape index (κ2) is 7.61. The molecular formula is C11H11NO2. The van der Waals surface area contributed by atoms with Gasteiger partial charge in [-0.3, -0.25) is 4.89 Å². The highest BCUT2D eigenvalue weighted by molar-refractivity contribution is 5.70. The number of allylic oxidation sites excluding steroid dienone is 9. The number of hydrogen-bond acceptors (Lipinski definition) is 3. The van der Waals surface area contributed by atoms with E-state index >= 15 is 0 Å². The van der Waals surface area contributed by atoms with E-state index in [1.165, 1.54) is 12.5 Å². The van der Waals surface area contributed by atoms with Crippen molar-refractivity contribution in [1.29, 1.82) is 0 Å². The molecule has 0 saturated carbocycles. The zero-order valence-electron chi connectivity index (χ0n) is 7.61. The molecule has 1 aliphatic heterocycles. The van der Waals surface area contributed by atoms with Gasteiger partial charge in [0.25, 0.3) is 0 Å². The van der Waals surface area contributed by atoms with E-state index in [-0.39, 0.29) is 0 Å². The maximum absolute atomic E-state index is 4.57. The van der Waals surface area contributed by atoms with Gasteiger partial charge in [-0.25, -0.2) is 0 Å². The molecular weight excluding hydrogens is 178 g/mol. The minimum Gasteiger partial charge on any atom is -0.276 e. The smallest absolute Gasteiger partial charge is 0.145 e. The van der Waals surface area contributed by atoms with Gasteiger partial charge in [0.2, 0.25) is 0 Å². The summed E-state index contributed by atoms with van der Waals surface area (Å²) >= 11 is 0. The van der Waals surface area contributed by atoms with Crippen LogP contribution in [0.1, 0.15) is 0 Å². The van der Waals surface area contributed by atoms with Gasteiger partial charge in [-0.2, -0.15) is 4.99 Å². The monoisotopic (exact) mass is 189 g/mol. The van der Waals surface area contributed by atoms with Crippen molar-refractivity contribution in [2.24, 2.45) is 5.16 Å². The fourth-order valence-corrected chi connectivity index (χ4v) is 0.686. The molecule has 0 saturated heterocycles. The second-order valence-corrected chi connectivity index (χ2v) is 2.29. The van der Waals surface area contributed by atoms with E-state index in [1.807, 2.05) is 42.5 Å². The molecule has 1 heterocycles. The summed E-state index contributed by atoms with van der Waals surface area (Å²) in [6, 6.07) is 0. The molecule has 3 nitrogen and oxygen atoms in total. The number of oxime groups is 1. The van der Waals surface area contributed by atoms with Crippen molar-refractivity contribution in [2.75, 3.05) is 0 Å². The Kier molecular flexibility index (Phi) is 5.47. The molecule has 0 unspecified atom stereocenters. The molecule has 72 valence electrons. The molecule has 0 bridgehead atoms. The molecule has 3 heteroatoms. The first kappa shape index (κ1) is 10.1. The second-order valence-electron chi connectivity index (χ2n) is 2.29. The molecule has 0 amide bonds. The van der Waals surface area contributed by atoms with Crippen LogP contribution < -0.4 is 0 Å². The van der Waals surface area contributed by atoms with Crippen molar-refractivity contribution in [3.8, 4) is 0 Å². The van der Waals surface area contributed by atoms with Gasteiger partial charge in [-0.15, -0.1) is 0 Å². The summed E-state index contributed by atoms with van der Waals surface area (Å²) < 4.78 is 0. The van der Waals surface area contributed by atoms with Crippen molar-refractivity contribution < 1.29 is 9.88 Å². The third-order valence-electron chi connectivity index (χ3n) is 1.26. The van der Waals surface area contributed by atoms with Gasteiger partial charge in [-0.1, -0.05) is 42.5 Å². The van der Waals surface area contributed by atoms with Crippen LogP contribution in [-0.2, 0) is 9.88 Å². The molecule has 0 aromatic heterocycles. The van der Waals surface area contributed by atoms with E-state index in [9.17, 15) is 0 Å². The minimum absolute atomic E-state index is 1.40. The van der Waals surface area contributed by atoms with Gasteiger partial charge < -0.3 is 0 Å². The minimum atomic E-state index is 1.40. The van der Waals surface area contributed by atoms with E-state index in [0.29, 0.717) is 0 Å². The maximum Gasteiger partial charge on any atom is 0.145 e. The average molecular weight is 189 g/mol. The third kappa shape index (κ3) is 5.60. The molecule has 0 aromatic rings. The van der Waals surface area contributed by atoms with Crippen LogP contribution in [0.4, 0.5) is 0 Å². The SMILES string of the molecule is C1=C\C=C\C=C\C=C\OO\N=C/C=C/1. The van der Waals surface area contributed by atoms with Crippen LogP contribution >= 0.6 is 0 Å². The van der Waals surface area contributed by atoms with Crippen molar-refractivity contribution in [3.05, 3.63) is 60.9 Å². The Labute approximate surface area is 82.9 Å². The predicted octanol–water partition coefficient (Wildman–Crippen LogP) is 2.67. The molecule has 14 heavy (non-hydrogen) atoms. The average Bonchev–Trinajstić information content (AvgIpc) is 2.22. The fraction of sp³-hybridized carbons (Fsp3) is 0. The summed E-state index contributed by atoms with van der Waals surface area (Å²) in [4.78, 5) is 9.01. The highest BCUT2D eigenvalue weighted by atomic mass is 17.3. The lowest BCUT2D eigenvalue weighted by atomic mass is 10.4. The van der Waals surface area contributed by atoms with E-state index in [0.717, 1.165) is 0 Å². The van der Waals surface area contributed by atoms with Crippen LogP contribution in [0.5, 0.6) is 0 Å². The van der Waals surface area contributed by atoms with Gasteiger partial charge in [-0.05, 0) is 17.3 Å². The maximum atomic E-state index is 4.57. The topological polar surface area (TPSA) is 30.8 Å².